The van der Waals surface area contributed by atoms with Gasteiger partial charge in [-0.3, -0.25) is 0 Å². The summed E-state index contributed by atoms with van der Waals surface area (Å²) in [7, 11) is 0. The van der Waals surface area contributed by atoms with E-state index in [2.05, 4.69) is 121 Å². The number of nitrogens with zero attached hydrogens (tertiary/aromatic N) is 2. The van der Waals surface area contributed by atoms with E-state index in [1.807, 2.05) is 47.7 Å². The Morgan fingerprint density at radius 2 is 1.19 bits per heavy atom. The Kier molecular flexibility index (Phi) is 6.08. The van der Waals surface area contributed by atoms with Crippen molar-refractivity contribution in [2.75, 3.05) is 0 Å². The maximum atomic E-state index is 6.20. The number of rotatable bonds is 4. The van der Waals surface area contributed by atoms with Gasteiger partial charge in [0.15, 0.2) is 6.17 Å². The summed E-state index contributed by atoms with van der Waals surface area (Å²) in [6.45, 7) is 0. The fourth-order valence-corrected chi connectivity index (χ4v) is 8.21. The molecule has 2 aromatic heterocycles. The highest BCUT2D eigenvalue weighted by Crippen LogP contribution is 2.40. The molecule has 5 heteroatoms. The number of para-hydroxylation sites is 1. The van der Waals surface area contributed by atoms with Crippen LogP contribution < -0.4 is 5.32 Å². The summed E-state index contributed by atoms with van der Waals surface area (Å²) in [5, 5.41) is 10.7. The number of nitrogens with one attached hydrogen (secondary N) is 1. The SMILES string of the molecule is c1ccc(C2=NC(c3cccc4sc5ccccc5c34)N=C(c3ccc4ccc(-c5cccc6oc7ccccc7c56)cc4c3)N2)cc1. The summed E-state index contributed by atoms with van der Waals surface area (Å²) in [4.78, 5) is 10.5. The first kappa shape index (κ1) is 27.1. The van der Waals surface area contributed by atoms with Crippen LogP contribution in [0.4, 0.5) is 0 Å². The maximum Gasteiger partial charge on any atom is 0.170 e. The van der Waals surface area contributed by atoms with Crippen LogP contribution in [0.5, 0.6) is 0 Å². The number of aliphatic imine (C=N–C) groups is 2. The van der Waals surface area contributed by atoms with E-state index in [-0.39, 0.29) is 0 Å². The third-order valence-corrected chi connectivity index (χ3v) is 10.5. The molecule has 0 saturated heterocycles. The molecule has 0 spiro atoms. The van der Waals surface area contributed by atoms with Crippen LogP contribution in [-0.4, -0.2) is 11.7 Å². The van der Waals surface area contributed by atoms with E-state index in [9.17, 15) is 0 Å². The first-order valence-electron chi connectivity index (χ1n) is 16.1. The van der Waals surface area contributed by atoms with E-state index in [1.54, 1.807) is 0 Å². The average Bonchev–Trinajstić information content (AvgIpc) is 3.73. The number of amidine groups is 2. The second-order valence-electron chi connectivity index (χ2n) is 12.2. The number of furan rings is 1. The highest BCUT2D eigenvalue weighted by Gasteiger charge is 2.24. The summed E-state index contributed by atoms with van der Waals surface area (Å²) < 4.78 is 8.73. The molecule has 0 saturated carbocycles. The molecule has 9 aromatic rings. The van der Waals surface area contributed by atoms with Crippen LogP contribution in [0.1, 0.15) is 22.9 Å². The lowest BCUT2D eigenvalue weighted by Gasteiger charge is -2.23. The number of fused-ring (bicyclic) bond motifs is 7. The van der Waals surface area contributed by atoms with Gasteiger partial charge in [0.2, 0.25) is 0 Å². The van der Waals surface area contributed by atoms with E-state index < -0.39 is 6.17 Å². The van der Waals surface area contributed by atoms with Crippen molar-refractivity contribution in [1.29, 1.82) is 0 Å². The predicted molar refractivity (Wildman–Crippen MR) is 201 cm³/mol. The first-order valence-corrected chi connectivity index (χ1v) is 16.9. The van der Waals surface area contributed by atoms with E-state index in [1.165, 1.54) is 25.6 Å². The molecular formula is C43H27N3OS. The van der Waals surface area contributed by atoms with Gasteiger partial charge in [0, 0.05) is 47.6 Å². The van der Waals surface area contributed by atoms with Gasteiger partial charge in [0.25, 0.3) is 0 Å². The van der Waals surface area contributed by atoms with E-state index in [0.717, 1.165) is 66.8 Å². The van der Waals surface area contributed by atoms with Crippen LogP contribution in [0, 0.1) is 0 Å². The van der Waals surface area contributed by atoms with Crippen molar-refractivity contribution in [1.82, 2.24) is 5.32 Å². The van der Waals surface area contributed by atoms with Crippen molar-refractivity contribution < 1.29 is 4.42 Å². The summed E-state index contributed by atoms with van der Waals surface area (Å²) in [6.07, 6.45) is -0.396. The Labute approximate surface area is 280 Å². The van der Waals surface area contributed by atoms with Crippen molar-refractivity contribution in [3.8, 4) is 11.1 Å². The van der Waals surface area contributed by atoms with Crippen molar-refractivity contribution in [3.63, 3.8) is 0 Å². The zero-order valence-electron chi connectivity index (χ0n) is 25.7. The van der Waals surface area contributed by atoms with Crippen LogP contribution in [0.2, 0.25) is 0 Å². The topological polar surface area (TPSA) is 49.9 Å². The molecule has 0 fully saturated rings. The number of thiophene rings is 1. The van der Waals surface area contributed by atoms with Crippen molar-refractivity contribution in [2.24, 2.45) is 9.98 Å². The zero-order valence-corrected chi connectivity index (χ0v) is 26.5. The molecular weight excluding hydrogens is 607 g/mol. The van der Waals surface area contributed by atoms with Gasteiger partial charge in [-0.15, -0.1) is 11.3 Å². The second kappa shape index (κ2) is 10.8. The third kappa shape index (κ3) is 4.36. The number of benzene rings is 7. The minimum Gasteiger partial charge on any atom is -0.456 e. The first-order chi connectivity index (χ1) is 23.8. The van der Waals surface area contributed by atoms with Crippen LogP contribution in [-0.2, 0) is 0 Å². The lowest BCUT2D eigenvalue weighted by atomic mass is 9.96. The monoisotopic (exact) mass is 633 g/mol. The van der Waals surface area contributed by atoms with Gasteiger partial charge < -0.3 is 9.73 Å². The lowest BCUT2D eigenvalue weighted by molar-refractivity contribution is 0.669. The van der Waals surface area contributed by atoms with E-state index in [0.29, 0.717) is 0 Å². The minimum atomic E-state index is -0.396. The summed E-state index contributed by atoms with van der Waals surface area (Å²) in [5.41, 5.74) is 7.27. The van der Waals surface area contributed by atoms with Gasteiger partial charge >= 0.3 is 0 Å². The van der Waals surface area contributed by atoms with E-state index >= 15 is 0 Å². The molecule has 226 valence electrons. The maximum absolute atomic E-state index is 6.20. The van der Waals surface area contributed by atoms with Gasteiger partial charge in [-0.1, -0.05) is 115 Å². The molecule has 1 N–H and O–H groups in total. The van der Waals surface area contributed by atoms with E-state index in [4.69, 9.17) is 14.4 Å². The molecule has 48 heavy (non-hydrogen) atoms. The van der Waals surface area contributed by atoms with Crippen molar-refractivity contribution in [2.45, 2.75) is 6.17 Å². The highest BCUT2D eigenvalue weighted by molar-refractivity contribution is 7.25. The summed E-state index contributed by atoms with van der Waals surface area (Å²) in [5.74, 6) is 1.62. The van der Waals surface area contributed by atoms with Gasteiger partial charge in [0.05, 0.1) is 0 Å². The molecule has 0 amide bonds. The van der Waals surface area contributed by atoms with Crippen molar-refractivity contribution in [3.05, 3.63) is 168 Å². The average molecular weight is 634 g/mol. The molecule has 3 heterocycles. The third-order valence-electron chi connectivity index (χ3n) is 9.33. The fourth-order valence-electron chi connectivity index (χ4n) is 7.07. The number of hydrogen-bond acceptors (Lipinski definition) is 5. The molecule has 1 unspecified atom stereocenters. The highest BCUT2D eigenvalue weighted by atomic mass is 32.1. The fraction of sp³-hybridized carbons (Fsp3) is 0.0233. The Bertz CT molecular complexity index is 2770. The largest absolute Gasteiger partial charge is 0.456 e. The smallest absolute Gasteiger partial charge is 0.170 e. The molecule has 0 bridgehead atoms. The van der Waals surface area contributed by atoms with Crippen molar-refractivity contribution >= 4 is 75.9 Å². The van der Waals surface area contributed by atoms with Crippen LogP contribution in [0.3, 0.4) is 0 Å². The van der Waals surface area contributed by atoms with Gasteiger partial charge in [0.1, 0.15) is 22.8 Å². The van der Waals surface area contributed by atoms with Gasteiger partial charge in [-0.2, -0.15) is 0 Å². The number of hydrogen-bond donors (Lipinski definition) is 1. The standard InChI is InChI=1S/C43H27N3OS/c1-2-10-27(11-3-1)41-44-42(46-43(45-41)34-15-9-19-38-40(34)33-13-5-7-18-37(33)48-38)29-23-21-26-20-22-28(24-30(26)25-29)31-14-8-17-36-39(31)32-12-4-6-16-35(32)47-36/h1-25,43H,(H,44,45,46). The molecule has 7 aromatic carbocycles. The summed E-state index contributed by atoms with van der Waals surface area (Å²) in [6, 6.07) is 53.3. The Morgan fingerprint density at radius 3 is 2.08 bits per heavy atom. The molecule has 0 aliphatic carbocycles. The van der Waals surface area contributed by atoms with Crippen LogP contribution in [0.15, 0.2) is 166 Å². The summed E-state index contributed by atoms with van der Waals surface area (Å²) >= 11 is 1.82. The predicted octanol–water partition coefficient (Wildman–Crippen LogP) is 11.3. The Morgan fingerprint density at radius 1 is 0.500 bits per heavy atom. The van der Waals surface area contributed by atoms with Gasteiger partial charge in [-0.05, 0) is 58.3 Å². The molecule has 1 atom stereocenters. The minimum absolute atomic E-state index is 0.396. The van der Waals surface area contributed by atoms with Crippen LogP contribution >= 0.6 is 11.3 Å². The second-order valence-corrected chi connectivity index (χ2v) is 13.3. The zero-order chi connectivity index (χ0) is 31.6. The lowest BCUT2D eigenvalue weighted by Crippen LogP contribution is -2.36. The van der Waals surface area contributed by atoms with Crippen LogP contribution in [0.25, 0.3) is 64.0 Å². The Balaban J connectivity index is 1.12. The normalized spacial score (nSPS) is 14.9. The molecule has 0 radical (unpaired) electrons. The molecule has 1 aliphatic heterocycles. The molecule has 1 aliphatic rings. The molecule has 4 nitrogen and oxygen atoms in total. The Hall–Kier alpha value is -6.04. The van der Waals surface area contributed by atoms with Gasteiger partial charge in [-0.25, -0.2) is 9.98 Å². The quantitative estimate of drug-likeness (QED) is 0.210. The molecule has 10 rings (SSSR count).